The number of benzene rings is 3. The zero-order chi connectivity index (χ0) is 20.4. The fourth-order valence-electron chi connectivity index (χ4n) is 3.88. The van der Waals surface area contributed by atoms with Crippen LogP contribution in [-0.2, 0) is 11.2 Å². The minimum Gasteiger partial charge on any atom is -0.478 e. The first-order valence-electron chi connectivity index (χ1n) is 9.56. The van der Waals surface area contributed by atoms with Crippen molar-refractivity contribution in [1.29, 1.82) is 0 Å². The molecular formula is C24H21NO4. The normalized spacial score (nSPS) is 12.2. The number of carboxylic acid groups (broad SMARTS) is 1. The number of nitrogens with one attached hydrogen (secondary N) is 1. The number of fused-ring (bicyclic) bond motifs is 3. The molecule has 0 aromatic heterocycles. The number of aromatic carboxylic acids is 1. The van der Waals surface area contributed by atoms with Crippen LogP contribution in [0.3, 0.4) is 0 Å². The van der Waals surface area contributed by atoms with E-state index in [4.69, 9.17) is 4.74 Å². The van der Waals surface area contributed by atoms with Gasteiger partial charge in [-0.05, 0) is 46.4 Å². The molecule has 0 spiro atoms. The van der Waals surface area contributed by atoms with Gasteiger partial charge in [0.2, 0.25) is 0 Å². The molecule has 29 heavy (non-hydrogen) atoms. The Kier molecular flexibility index (Phi) is 5.04. The maximum absolute atomic E-state index is 12.5. The average Bonchev–Trinajstić information content (AvgIpc) is 3.06. The second-order valence-corrected chi connectivity index (χ2v) is 6.98. The number of hydrogen-bond donors (Lipinski definition) is 2. The summed E-state index contributed by atoms with van der Waals surface area (Å²) in [5.41, 5.74) is 6.05. The van der Waals surface area contributed by atoms with Crippen molar-refractivity contribution in [3.8, 4) is 11.1 Å². The molecule has 3 aromatic carbocycles. The highest BCUT2D eigenvalue weighted by Crippen LogP contribution is 2.44. The van der Waals surface area contributed by atoms with Crippen molar-refractivity contribution in [3.05, 3.63) is 89.0 Å². The second-order valence-electron chi connectivity index (χ2n) is 6.98. The van der Waals surface area contributed by atoms with Gasteiger partial charge in [-0.2, -0.15) is 0 Å². The van der Waals surface area contributed by atoms with Crippen LogP contribution < -0.4 is 5.32 Å². The fourth-order valence-corrected chi connectivity index (χ4v) is 3.88. The number of rotatable bonds is 5. The number of carbonyl (C=O) groups excluding carboxylic acids is 1. The molecule has 0 fully saturated rings. The summed E-state index contributed by atoms with van der Waals surface area (Å²) < 4.78 is 5.55. The number of carboxylic acids is 1. The molecule has 0 bridgehead atoms. The Morgan fingerprint density at radius 1 is 0.966 bits per heavy atom. The Balaban J connectivity index is 1.51. The van der Waals surface area contributed by atoms with Crippen molar-refractivity contribution >= 4 is 17.7 Å². The molecular weight excluding hydrogens is 366 g/mol. The molecule has 0 saturated carbocycles. The van der Waals surface area contributed by atoms with Gasteiger partial charge in [-0.25, -0.2) is 9.59 Å². The third-order valence-electron chi connectivity index (χ3n) is 5.32. The van der Waals surface area contributed by atoms with Gasteiger partial charge >= 0.3 is 12.1 Å². The Morgan fingerprint density at radius 2 is 1.59 bits per heavy atom. The van der Waals surface area contributed by atoms with Gasteiger partial charge in [0.25, 0.3) is 0 Å². The Bertz CT molecular complexity index is 1040. The Morgan fingerprint density at radius 3 is 2.17 bits per heavy atom. The standard InChI is InChI=1S/C24H21NO4/c1-2-15-11-12-16(23(26)27)13-22(15)25-24(28)29-14-21-19-9-5-3-7-17(19)18-8-4-6-10-20(18)21/h3-13,21H,2,14H2,1H3,(H,25,28)(H,26,27). The van der Waals surface area contributed by atoms with Crippen LogP contribution in [0, 0.1) is 0 Å². The molecule has 0 aliphatic heterocycles. The molecule has 1 amide bonds. The van der Waals surface area contributed by atoms with Crippen molar-refractivity contribution in [2.24, 2.45) is 0 Å². The summed E-state index contributed by atoms with van der Waals surface area (Å²) in [7, 11) is 0. The van der Waals surface area contributed by atoms with E-state index in [2.05, 4.69) is 29.6 Å². The maximum atomic E-state index is 12.5. The topological polar surface area (TPSA) is 75.6 Å². The number of aryl methyl sites for hydroxylation is 1. The molecule has 0 unspecified atom stereocenters. The molecule has 4 rings (SSSR count). The summed E-state index contributed by atoms with van der Waals surface area (Å²) in [6, 6.07) is 21.0. The molecule has 2 N–H and O–H groups in total. The summed E-state index contributed by atoms with van der Waals surface area (Å²) in [4.78, 5) is 23.7. The lowest BCUT2D eigenvalue weighted by molar-refractivity contribution is 0.0696. The molecule has 3 aromatic rings. The number of amides is 1. The molecule has 5 nitrogen and oxygen atoms in total. The number of anilines is 1. The molecule has 1 aliphatic carbocycles. The van der Waals surface area contributed by atoms with Gasteiger partial charge < -0.3 is 9.84 Å². The van der Waals surface area contributed by atoms with Crippen molar-refractivity contribution in [2.45, 2.75) is 19.3 Å². The molecule has 0 saturated heterocycles. The monoisotopic (exact) mass is 387 g/mol. The Labute approximate surface area is 169 Å². The van der Waals surface area contributed by atoms with E-state index < -0.39 is 12.1 Å². The van der Waals surface area contributed by atoms with Crippen LogP contribution in [-0.4, -0.2) is 23.8 Å². The van der Waals surface area contributed by atoms with Crippen LogP contribution in [0.15, 0.2) is 66.7 Å². The van der Waals surface area contributed by atoms with E-state index in [1.54, 1.807) is 6.07 Å². The van der Waals surface area contributed by atoms with Gasteiger partial charge in [0.05, 0.1) is 5.56 Å². The maximum Gasteiger partial charge on any atom is 0.411 e. The van der Waals surface area contributed by atoms with Gasteiger partial charge in [-0.15, -0.1) is 0 Å². The number of hydrogen-bond acceptors (Lipinski definition) is 3. The number of ether oxygens (including phenoxy) is 1. The van der Waals surface area contributed by atoms with Gasteiger partial charge in [-0.1, -0.05) is 61.5 Å². The quantitative estimate of drug-likeness (QED) is 0.622. The summed E-state index contributed by atoms with van der Waals surface area (Å²) in [5.74, 6) is -1.06. The second kappa shape index (κ2) is 7.80. The van der Waals surface area contributed by atoms with E-state index in [0.29, 0.717) is 12.1 Å². The first-order chi connectivity index (χ1) is 14.1. The SMILES string of the molecule is CCc1ccc(C(=O)O)cc1NC(=O)OCC1c2ccccc2-c2ccccc21. The predicted molar refractivity (Wildman–Crippen MR) is 111 cm³/mol. The summed E-state index contributed by atoms with van der Waals surface area (Å²) in [6.07, 6.45) is 0.0721. The van der Waals surface area contributed by atoms with Crippen LogP contribution >= 0.6 is 0 Å². The summed E-state index contributed by atoms with van der Waals surface area (Å²) in [6.45, 7) is 2.15. The van der Waals surface area contributed by atoms with Gasteiger partial charge in [0, 0.05) is 11.6 Å². The lowest BCUT2D eigenvalue weighted by atomic mass is 9.98. The van der Waals surface area contributed by atoms with Gasteiger partial charge in [0.15, 0.2) is 0 Å². The van der Waals surface area contributed by atoms with Gasteiger partial charge in [0.1, 0.15) is 6.61 Å². The van der Waals surface area contributed by atoms with E-state index in [1.807, 2.05) is 31.2 Å². The largest absolute Gasteiger partial charge is 0.478 e. The van der Waals surface area contributed by atoms with E-state index in [0.717, 1.165) is 16.7 Å². The molecule has 5 heteroatoms. The molecule has 0 radical (unpaired) electrons. The predicted octanol–water partition coefficient (Wildman–Crippen LogP) is 5.31. The molecule has 0 atom stereocenters. The first kappa shape index (κ1) is 18.7. The fraction of sp³-hybridized carbons (Fsp3) is 0.167. The van der Waals surface area contributed by atoms with E-state index in [-0.39, 0.29) is 18.1 Å². The zero-order valence-electron chi connectivity index (χ0n) is 16.0. The van der Waals surface area contributed by atoms with Crippen LogP contribution in [0.2, 0.25) is 0 Å². The minimum absolute atomic E-state index is 0.0239. The Hall–Kier alpha value is -3.60. The average molecular weight is 387 g/mol. The summed E-state index contributed by atoms with van der Waals surface area (Å²) in [5, 5.41) is 11.9. The van der Waals surface area contributed by atoms with Crippen LogP contribution in [0.4, 0.5) is 10.5 Å². The first-order valence-corrected chi connectivity index (χ1v) is 9.56. The zero-order valence-corrected chi connectivity index (χ0v) is 16.0. The molecule has 1 aliphatic rings. The smallest absolute Gasteiger partial charge is 0.411 e. The van der Waals surface area contributed by atoms with Crippen molar-refractivity contribution in [3.63, 3.8) is 0 Å². The van der Waals surface area contributed by atoms with Gasteiger partial charge in [-0.3, -0.25) is 5.32 Å². The lowest BCUT2D eigenvalue weighted by Gasteiger charge is -2.16. The highest BCUT2D eigenvalue weighted by Gasteiger charge is 2.29. The lowest BCUT2D eigenvalue weighted by Crippen LogP contribution is -2.19. The van der Waals surface area contributed by atoms with Crippen molar-refractivity contribution < 1.29 is 19.4 Å². The van der Waals surface area contributed by atoms with E-state index in [1.165, 1.54) is 23.3 Å². The minimum atomic E-state index is -1.04. The third kappa shape index (κ3) is 3.59. The summed E-state index contributed by atoms with van der Waals surface area (Å²) >= 11 is 0. The van der Waals surface area contributed by atoms with E-state index >= 15 is 0 Å². The highest BCUT2D eigenvalue weighted by molar-refractivity contribution is 5.92. The molecule has 0 heterocycles. The molecule has 146 valence electrons. The highest BCUT2D eigenvalue weighted by atomic mass is 16.5. The van der Waals surface area contributed by atoms with Crippen LogP contribution in [0.25, 0.3) is 11.1 Å². The number of carbonyl (C=O) groups is 2. The van der Waals surface area contributed by atoms with Crippen molar-refractivity contribution in [1.82, 2.24) is 0 Å². The van der Waals surface area contributed by atoms with Crippen LogP contribution in [0.1, 0.15) is 39.9 Å². The van der Waals surface area contributed by atoms with Crippen molar-refractivity contribution in [2.75, 3.05) is 11.9 Å². The van der Waals surface area contributed by atoms with E-state index in [9.17, 15) is 14.7 Å². The third-order valence-corrected chi connectivity index (χ3v) is 5.32. The van der Waals surface area contributed by atoms with Crippen LogP contribution in [0.5, 0.6) is 0 Å².